The Kier molecular flexibility index (Phi) is 4.66. The van der Waals surface area contributed by atoms with E-state index in [4.69, 9.17) is 0 Å². The number of likely N-dealkylation sites (N-methyl/N-ethyl adjacent to an activating group) is 1. The van der Waals surface area contributed by atoms with Gasteiger partial charge in [-0.2, -0.15) is 0 Å². The smallest absolute Gasteiger partial charge is 0.126 e. The molecule has 2 aromatic rings. The van der Waals surface area contributed by atoms with Gasteiger partial charge in [0.05, 0.1) is 0 Å². The van der Waals surface area contributed by atoms with Crippen LogP contribution in [0.25, 0.3) is 0 Å². The second-order valence-corrected chi connectivity index (χ2v) is 5.44. The molecule has 0 amide bonds. The van der Waals surface area contributed by atoms with Crippen LogP contribution in [0, 0.1) is 12.7 Å². The Hall–Kier alpha value is -1.26. The largest absolute Gasteiger partial charge is 0.313 e. The van der Waals surface area contributed by atoms with E-state index in [1.165, 1.54) is 6.07 Å². The molecule has 0 aliphatic heterocycles. The topological polar surface area (TPSA) is 24.9 Å². The fourth-order valence-corrected chi connectivity index (χ4v) is 2.24. The summed E-state index contributed by atoms with van der Waals surface area (Å²) < 4.78 is 14.3. The summed E-state index contributed by atoms with van der Waals surface area (Å²) in [7, 11) is 1.90. The van der Waals surface area contributed by atoms with Crippen molar-refractivity contribution in [1.29, 1.82) is 0 Å². The van der Waals surface area contributed by atoms with Crippen LogP contribution in [0.2, 0.25) is 0 Å². The van der Waals surface area contributed by atoms with E-state index in [1.807, 2.05) is 31.3 Å². The second-order valence-electron chi connectivity index (χ2n) is 4.52. The molecule has 0 aliphatic carbocycles. The predicted octanol–water partition coefficient (Wildman–Crippen LogP) is 3.79. The van der Waals surface area contributed by atoms with Gasteiger partial charge in [-0.25, -0.2) is 4.39 Å². The maximum atomic E-state index is 13.3. The van der Waals surface area contributed by atoms with Gasteiger partial charge < -0.3 is 5.32 Å². The SMILES string of the molecule is CNC(Cc1ccc(Br)cn1)c1ccc(F)c(C)c1. The fourth-order valence-electron chi connectivity index (χ4n) is 2.01. The van der Waals surface area contributed by atoms with E-state index < -0.39 is 0 Å². The number of nitrogens with one attached hydrogen (secondary N) is 1. The molecule has 1 N–H and O–H groups in total. The summed E-state index contributed by atoms with van der Waals surface area (Å²) >= 11 is 3.37. The third kappa shape index (κ3) is 3.61. The van der Waals surface area contributed by atoms with Crippen molar-refractivity contribution in [3.05, 3.63) is 63.6 Å². The first-order valence-electron chi connectivity index (χ1n) is 6.14. The maximum absolute atomic E-state index is 13.3. The van der Waals surface area contributed by atoms with Crippen LogP contribution in [-0.2, 0) is 6.42 Å². The Morgan fingerprint density at radius 1 is 1.32 bits per heavy atom. The van der Waals surface area contributed by atoms with Crippen LogP contribution in [0.15, 0.2) is 41.0 Å². The van der Waals surface area contributed by atoms with E-state index in [0.29, 0.717) is 5.56 Å². The molecule has 19 heavy (non-hydrogen) atoms. The number of benzene rings is 1. The van der Waals surface area contributed by atoms with E-state index in [-0.39, 0.29) is 11.9 Å². The maximum Gasteiger partial charge on any atom is 0.126 e. The van der Waals surface area contributed by atoms with E-state index >= 15 is 0 Å². The van der Waals surface area contributed by atoms with Crippen molar-refractivity contribution in [2.75, 3.05) is 7.05 Å². The quantitative estimate of drug-likeness (QED) is 0.926. The minimum Gasteiger partial charge on any atom is -0.313 e. The van der Waals surface area contributed by atoms with Crippen LogP contribution in [-0.4, -0.2) is 12.0 Å². The zero-order chi connectivity index (χ0) is 13.8. The number of aryl methyl sites for hydroxylation is 1. The third-order valence-electron chi connectivity index (χ3n) is 3.13. The van der Waals surface area contributed by atoms with E-state index in [2.05, 4.69) is 26.2 Å². The lowest BCUT2D eigenvalue weighted by atomic mass is 10.00. The van der Waals surface area contributed by atoms with Crippen molar-refractivity contribution in [3.8, 4) is 0 Å². The molecule has 0 saturated heterocycles. The van der Waals surface area contributed by atoms with Crippen LogP contribution in [0.3, 0.4) is 0 Å². The molecule has 1 unspecified atom stereocenters. The van der Waals surface area contributed by atoms with Crippen molar-refractivity contribution < 1.29 is 4.39 Å². The van der Waals surface area contributed by atoms with Gasteiger partial charge in [0.15, 0.2) is 0 Å². The number of hydrogen-bond donors (Lipinski definition) is 1. The zero-order valence-electron chi connectivity index (χ0n) is 11.0. The van der Waals surface area contributed by atoms with Crippen LogP contribution >= 0.6 is 15.9 Å². The number of aromatic nitrogens is 1. The predicted molar refractivity (Wildman–Crippen MR) is 78.6 cm³/mol. The van der Waals surface area contributed by atoms with Gasteiger partial charge in [-0.05, 0) is 59.2 Å². The number of hydrogen-bond acceptors (Lipinski definition) is 2. The summed E-state index contributed by atoms with van der Waals surface area (Å²) in [6, 6.07) is 9.32. The molecular formula is C15H16BrFN2. The first-order chi connectivity index (χ1) is 9.10. The molecule has 1 heterocycles. The second kappa shape index (κ2) is 6.26. The van der Waals surface area contributed by atoms with E-state index in [0.717, 1.165) is 22.2 Å². The Morgan fingerprint density at radius 2 is 2.11 bits per heavy atom. The summed E-state index contributed by atoms with van der Waals surface area (Å²) in [6.07, 6.45) is 2.56. The lowest BCUT2D eigenvalue weighted by molar-refractivity contribution is 0.577. The summed E-state index contributed by atoms with van der Waals surface area (Å²) in [4.78, 5) is 4.37. The van der Waals surface area contributed by atoms with Gasteiger partial charge in [-0.1, -0.05) is 12.1 Å². The van der Waals surface area contributed by atoms with Gasteiger partial charge in [-0.3, -0.25) is 4.98 Å². The third-order valence-corrected chi connectivity index (χ3v) is 3.60. The van der Waals surface area contributed by atoms with Crippen molar-refractivity contribution in [2.24, 2.45) is 0 Å². The number of pyridine rings is 1. The van der Waals surface area contributed by atoms with Crippen molar-refractivity contribution in [1.82, 2.24) is 10.3 Å². The number of rotatable bonds is 4. The molecule has 0 bridgehead atoms. The molecule has 1 aromatic carbocycles. The molecular weight excluding hydrogens is 307 g/mol. The first-order valence-corrected chi connectivity index (χ1v) is 6.93. The fraction of sp³-hybridized carbons (Fsp3) is 0.267. The standard InChI is InChI=1S/C15H16BrFN2/c1-10-7-11(3-6-14(10)17)15(18-2)8-13-5-4-12(16)9-19-13/h3-7,9,15,18H,8H2,1-2H3. The molecule has 1 aromatic heterocycles. The number of halogens is 2. The van der Waals surface area contributed by atoms with Crippen molar-refractivity contribution >= 4 is 15.9 Å². The summed E-state index contributed by atoms with van der Waals surface area (Å²) in [6.45, 7) is 1.78. The highest BCUT2D eigenvalue weighted by Crippen LogP contribution is 2.20. The Balaban J connectivity index is 2.19. The monoisotopic (exact) mass is 322 g/mol. The van der Waals surface area contributed by atoms with Gasteiger partial charge in [0.2, 0.25) is 0 Å². The van der Waals surface area contributed by atoms with Gasteiger partial charge in [0.25, 0.3) is 0 Å². The molecule has 2 rings (SSSR count). The van der Waals surface area contributed by atoms with Crippen LogP contribution in [0.5, 0.6) is 0 Å². The minimum absolute atomic E-state index is 0.132. The highest BCUT2D eigenvalue weighted by Gasteiger charge is 2.12. The van der Waals surface area contributed by atoms with Crippen molar-refractivity contribution in [3.63, 3.8) is 0 Å². The Morgan fingerprint density at radius 3 is 2.68 bits per heavy atom. The molecule has 4 heteroatoms. The van der Waals surface area contributed by atoms with Crippen LogP contribution < -0.4 is 5.32 Å². The average molecular weight is 323 g/mol. The highest BCUT2D eigenvalue weighted by molar-refractivity contribution is 9.10. The molecule has 0 fully saturated rings. The zero-order valence-corrected chi connectivity index (χ0v) is 12.5. The van der Waals surface area contributed by atoms with Crippen LogP contribution in [0.4, 0.5) is 4.39 Å². The molecule has 0 radical (unpaired) electrons. The van der Waals surface area contributed by atoms with Gasteiger partial charge in [0, 0.05) is 28.8 Å². The summed E-state index contributed by atoms with van der Waals surface area (Å²) in [5.41, 5.74) is 2.75. The van der Waals surface area contributed by atoms with Gasteiger partial charge in [0.1, 0.15) is 5.82 Å². The van der Waals surface area contributed by atoms with Gasteiger partial charge in [-0.15, -0.1) is 0 Å². The lowest BCUT2D eigenvalue weighted by Crippen LogP contribution is -2.19. The molecule has 2 nitrogen and oxygen atoms in total. The molecule has 1 atom stereocenters. The van der Waals surface area contributed by atoms with Crippen molar-refractivity contribution in [2.45, 2.75) is 19.4 Å². The minimum atomic E-state index is -0.166. The average Bonchev–Trinajstić information content (AvgIpc) is 2.41. The lowest BCUT2D eigenvalue weighted by Gasteiger charge is -2.17. The van der Waals surface area contributed by atoms with E-state index in [9.17, 15) is 4.39 Å². The Labute approximate surface area is 121 Å². The molecule has 100 valence electrons. The first kappa shape index (κ1) is 14.2. The molecule has 0 spiro atoms. The highest BCUT2D eigenvalue weighted by atomic mass is 79.9. The summed E-state index contributed by atoms with van der Waals surface area (Å²) in [5, 5.41) is 3.25. The van der Waals surface area contributed by atoms with Gasteiger partial charge >= 0.3 is 0 Å². The number of nitrogens with zero attached hydrogens (tertiary/aromatic N) is 1. The molecule has 0 saturated carbocycles. The molecule has 0 aliphatic rings. The summed E-state index contributed by atoms with van der Waals surface area (Å²) in [5.74, 6) is -0.166. The Bertz CT molecular complexity index is 555. The normalized spacial score (nSPS) is 12.4. The van der Waals surface area contributed by atoms with Crippen LogP contribution in [0.1, 0.15) is 22.9 Å². The van der Waals surface area contributed by atoms with E-state index in [1.54, 1.807) is 13.1 Å².